The summed E-state index contributed by atoms with van der Waals surface area (Å²) in [7, 11) is 0. The molecule has 36 heavy (non-hydrogen) atoms. The van der Waals surface area contributed by atoms with E-state index in [2.05, 4.69) is 35.5 Å². The number of benzene rings is 3. The predicted octanol–water partition coefficient (Wildman–Crippen LogP) is 7.09. The van der Waals surface area contributed by atoms with Crippen LogP contribution in [0, 0.1) is 25.1 Å². The zero-order chi connectivity index (χ0) is 25.3. The largest absolute Gasteiger partial charge is 0.484 e. The number of nitrogens with zero attached hydrogens (tertiary/aromatic N) is 2. The Balaban J connectivity index is 0.00000361. The summed E-state index contributed by atoms with van der Waals surface area (Å²) in [6, 6.07) is 18.0. The average molecular weight is 490 g/mol. The van der Waals surface area contributed by atoms with Crippen LogP contribution in [0.1, 0.15) is 57.9 Å². The van der Waals surface area contributed by atoms with E-state index in [0.717, 1.165) is 33.3 Å². The maximum Gasteiger partial charge on any atom is 0.225 e. The van der Waals surface area contributed by atoms with Crippen molar-refractivity contribution in [3.05, 3.63) is 89.4 Å². The lowest BCUT2D eigenvalue weighted by atomic mass is 9.93. The molecule has 3 aromatic carbocycles. The van der Waals surface area contributed by atoms with E-state index in [4.69, 9.17) is 4.74 Å². The maximum absolute atomic E-state index is 13.3. The van der Waals surface area contributed by atoms with Crippen molar-refractivity contribution in [2.45, 2.75) is 61.1 Å². The van der Waals surface area contributed by atoms with E-state index >= 15 is 0 Å². The smallest absolute Gasteiger partial charge is 0.225 e. The van der Waals surface area contributed by atoms with E-state index in [1.807, 2.05) is 52.8 Å². The molecule has 0 fully saturated rings. The highest BCUT2D eigenvalue weighted by atomic mass is 19.1. The van der Waals surface area contributed by atoms with Gasteiger partial charge in [0.05, 0.1) is 23.4 Å². The number of aryl methyl sites for hydroxylation is 2. The first-order valence-electron chi connectivity index (χ1n) is 11.8. The number of hydrogen-bond donors (Lipinski definition) is 1. The molecule has 4 rings (SSSR count). The second kappa shape index (κ2) is 10.5. The van der Waals surface area contributed by atoms with Crippen LogP contribution < -0.4 is 10.1 Å². The van der Waals surface area contributed by atoms with Crippen LogP contribution in [0.15, 0.2) is 66.9 Å². The molecular weight excluding hydrogens is 453 g/mol. The van der Waals surface area contributed by atoms with Crippen molar-refractivity contribution in [1.82, 2.24) is 15.1 Å². The highest BCUT2D eigenvalue weighted by Crippen LogP contribution is 2.31. The minimum absolute atomic E-state index is 0. The van der Waals surface area contributed by atoms with E-state index in [1.54, 1.807) is 23.0 Å². The molecule has 1 amide bonds. The first kappa shape index (κ1) is 26.9. The minimum Gasteiger partial charge on any atom is -0.484 e. The molecule has 0 unspecified atom stereocenters. The van der Waals surface area contributed by atoms with Crippen LogP contribution in [-0.4, -0.2) is 21.7 Å². The van der Waals surface area contributed by atoms with Gasteiger partial charge in [-0.3, -0.25) is 4.79 Å². The van der Waals surface area contributed by atoms with Gasteiger partial charge < -0.3 is 10.1 Å². The molecule has 0 bridgehead atoms. The Morgan fingerprint density at radius 1 is 1.03 bits per heavy atom. The fraction of sp³-hybridized carbons (Fsp3) is 0.333. The molecule has 5 nitrogen and oxygen atoms in total. The third-order valence-corrected chi connectivity index (χ3v) is 6.11. The van der Waals surface area contributed by atoms with Crippen molar-refractivity contribution in [3.63, 3.8) is 0 Å². The second-order valence-corrected chi connectivity index (χ2v) is 10.2. The molecule has 1 heterocycles. The normalized spacial score (nSPS) is 13.1. The molecule has 0 saturated carbocycles. The Bertz CT molecular complexity index is 1350. The number of hydrogen-bond acceptors (Lipinski definition) is 3. The zero-order valence-corrected chi connectivity index (χ0v) is 21.1. The average Bonchev–Trinajstić information content (AvgIpc) is 3.22. The van der Waals surface area contributed by atoms with Crippen LogP contribution in [-0.2, 0) is 4.79 Å². The number of aromatic nitrogens is 2. The molecule has 0 spiro atoms. The molecule has 1 N–H and O–H groups in total. The standard InChI is InChI=1S/C29H32FN3O2.CH4/c1-18-7-8-19(2)25(15-18)27(20(3)32-28(34)29(4,5)6)35-24-13-14-26-21(16-24)17-31-33(26)23-11-9-22(30)10-12-23;/h7-17,20,27H,1-6H3,(H,32,34);1H4/t20-,27-;/m0./s1. The van der Waals surface area contributed by atoms with Crippen molar-refractivity contribution in [3.8, 4) is 11.4 Å². The molecule has 4 aromatic rings. The van der Waals surface area contributed by atoms with Crippen molar-refractivity contribution in [2.75, 3.05) is 0 Å². The van der Waals surface area contributed by atoms with Gasteiger partial charge in [-0.2, -0.15) is 5.10 Å². The van der Waals surface area contributed by atoms with E-state index < -0.39 is 5.41 Å². The van der Waals surface area contributed by atoms with Crippen molar-refractivity contribution < 1.29 is 13.9 Å². The Labute approximate surface area is 213 Å². The third kappa shape index (κ3) is 5.76. The lowest BCUT2D eigenvalue weighted by molar-refractivity contribution is -0.129. The van der Waals surface area contributed by atoms with Crippen molar-refractivity contribution in [2.24, 2.45) is 5.41 Å². The number of carbonyl (C=O) groups excluding carboxylic acids is 1. The second-order valence-electron chi connectivity index (χ2n) is 10.2. The van der Waals surface area contributed by atoms with Gasteiger partial charge in [-0.25, -0.2) is 9.07 Å². The van der Waals surface area contributed by atoms with Gasteiger partial charge in [-0.1, -0.05) is 52.0 Å². The van der Waals surface area contributed by atoms with Crippen LogP contribution in [0.25, 0.3) is 16.6 Å². The molecular formula is C30H36FN3O2. The molecule has 0 aliphatic rings. The molecule has 190 valence electrons. The van der Waals surface area contributed by atoms with E-state index in [0.29, 0.717) is 5.75 Å². The van der Waals surface area contributed by atoms with Crippen LogP contribution in [0.5, 0.6) is 5.75 Å². The zero-order valence-electron chi connectivity index (χ0n) is 21.1. The first-order chi connectivity index (χ1) is 16.5. The predicted molar refractivity (Wildman–Crippen MR) is 144 cm³/mol. The molecule has 0 radical (unpaired) electrons. The maximum atomic E-state index is 13.3. The summed E-state index contributed by atoms with van der Waals surface area (Å²) >= 11 is 0. The minimum atomic E-state index is -0.506. The quantitative estimate of drug-likeness (QED) is 0.315. The van der Waals surface area contributed by atoms with Gasteiger partial charge in [0.15, 0.2) is 0 Å². The van der Waals surface area contributed by atoms with Crippen LogP contribution in [0.3, 0.4) is 0 Å². The third-order valence-electron chi connectivity index (χ3n) is 6.11. The van der Waals surface area contributed by atoms with E-state index in [1.165, 1.54) is 12.1 Å². The Hall–Kier alpha value is -3.67. The summed E-state index contributed by atoms with van der Waals surface area (Å²) in [5.74, 6) is 0.366. The number of carbonyl (C=O) groups is 1. The van der Waals surface area contributed by atoms with Crippen molar-refractivity contribution >= 4 is 16.8 Å². The highest BCUT2D eigenvalue weighted by Gasteiger charge is 2.29. The molecule has 0 aliphatic carbocycles. The number of ether oxygens (including phenoxy) is 1. The van der Waals surface area contributed by atoms with E-state index in [9.17, 15) is 9.18 Å². The van der Waals surface area contributed by atoms with Gasteiger partial charge in [-0.05, 0) is 74.4 Å². The van der Waals surface area contributed by atoms with Crippen LogP contribution >= 0.6 is 0 Å². The molecule has 2 atom stereocenters. The number of amides is 1. The van der Waals surface area contributed by atoms with Crippen LogP contribution in [0.4, 0.5) is 4.39 Å². The number of nitrogens with one attached hydrogen (secondary N) is 1. The van der Waals surface area contributed by atoms with Crippen molar-refractivity contribution in [1.29, 1.82) is 0 Å². The van der Waals surface area contributed by atoms with E-state index in [-0.39, 0.29) is 31.3 Å². The number of rotatable bonds is 6. The van der Waals surface area contributed by atoms with Crippen LogP contribution in [0.2, 0.25) is 0 Å². The topological polar surface area (TPSA) is 56.1 Å². The Morgan fingerprint density at radius 2 is 1.72 bits per heavy atom. The lowest BCUT2D eigenvalue weighted by Gasteiger charge is -2.30. The molecule has 0 saturated heterocycles. The summed E-state index contributed by atoms with van der Waals surface area (Å²) in [6.45, 7) is 11.8. The number of fused-ring (bicyclic) bond motifs is 1. The summed E-state index contributed by atoms with van der Waals surface area (Å²) in [5.41, 5.74) is 4.43. The molecule has 6 heteroatoms. The Kier molecular flexibility index (Phi) is 7.87. The first-order valence-corrected chi connectivity index (χ1v) is 11.8. The van der Waals surface area contributed by atoms with Gasteiger partial charge >= 0.3 is 0 Å². The number of halogens is 1. The summed E-state index contributed by atoms with van der Waals surface area (Å²) in [4.78, 5) is 12.7. The monoisotopic (exact) mass is 489 g/mol. The summed E-state index contributed by atoms with van der Waals surface area (Å²) < 4.78 is 21.7. The SMILES string of the molecule is C.Cc1ccc(C)c([C@@H](Oc2ccc3c(cnn3-c3ccc(F)cc3)c2)[C@H](C)NC(=O)C(C)(C)C)c1. The van der Waals surface area contributed by atoms with Gasteiger partial charge in [0, 0.05) is 10.8 Å². The summed E-state index contributed by atoms with van der Waals surface area (Å²) in [5, 5.41) is 8.53. The highest BCUT2D eigenvalue weighted by molar-refractivity contribution is 5.82. The van der Waals surface area contributed by atoms with Gasteiger partial charge in [-0.15, -0.1) is 0 Å². The molecule has 1 aromatic heterocycles. The fourth-order valence-corrected chi connectivity index (χ4v) is 4.02. The fourth-order valence-electron chi connectivity index (χ4n) is 4.02. The summed E-state index contributed by atoms with van der Waals surface area (Å²) in [6.07, 6.45) is 1.38. The Morgan fingerprint density at radius 3 is 2.39 bits per heavy atom. The van der Waals surface area contributed by atoms with Gasteiger partial charge in [0.25, 0.3) is 0 Å². The van der Waals surface area contributed by atoms with Gasteiger partial charge in [0.2, 0.25) is 5.91 Å². The van der Waals surface area contributed by atoms with Gasteiger partial charge in [0.1, 0.15) is 17.7 Å². The molecule has 0 aliphatic heterocycles. The lowest BCUT2D eigenvalue weighted by Crippen LogP contribution is -2.44.